The van der Waals surface area contributed by atoms with E-state index in [0.717, 1.165) is 31.6 Å². The second-order valence-electron chi connectivity index (χ2n) is 7.33. The smallest absolute Gasteiger partial charge is 0.254 e. The molecule has 0 aliphatic carbocycles. The molecule has 0 aromatic heterocycles. The van der Waals surface area contributed by atoms with Gasteiger partial charge in [-0.15, -0.1) is 0 Å². The summed E-state index contributed by atoms with van der Waals surface area (Å²) in [4.78, 5) is 29.3. The van der Waals surface area contributed by atoms with E-state index in [1.165, 1.54) is 0 Å². The fourth-order valence-electron chi connectivity index (χ4n) is 3.76. The Hall–Kier alpha value is -2.57. The van der Waals surface area contributed by atoms with E-state index in [1.54, 1.807) is 24.3 Å². The molecule has 0 saturated carbocycles. The number of anilines is 2. The Morgan fingerprint density at radius 3 is 2.55 bits per heavy atom. The fraction of sp³-hybridized carbons (Fsp3) is 0.364. The molecule has 152 valence electrons. The van der Waals surface area contributed by atoms with Gasteiger partial charge in [0.1, 0.15) is 6.10 Å². The van der Waals surface area contributed by atoms with E-state index >= 15 is 0 Å². The van der Waals surface area contributed by atoms with E-state index in [1.807, 2.05) is 29.2 Å². The lowest BCUT2D eigenvalue weighted by atomic mass is 10.1. The van der Waals surface area contributed by atoms with Crippen LogP contribution < -0.4 is 10.2 Å². The number of hydrogen-bond acceptors (Lipinski definition) is 4. The van der Waals surface area contributed by atoms with Gasteiger partial charge in [-0.25, -0.2) is 0 Å². The van der Waals surface area contributed by atoms with Crippen molar-refractivity contribution in [1.29, 1.82) is 0 Å². The van der Waals surface area contributed by atoms with Crippen LogP contribution in [0, 0.1) is 0 Å². The van der Waals surface area contributed by atoms with Gasteiger partial charge in [0, 0.05) is 54.7 Å². The van der Waals surface area contributed by atoms with Crippen molar-refractivity contribution in [3.8, 4) is 0 Å². The molecular formula is C22H24ClN3O3. The van der Waals surface area contributed by atoms with Crippen LogP contribution in [0.3, 0.4) is 0 Å². The summed E-state index contributed by atoms with van der Waals surface area (Å²) < 4.78 is 5.41. The van der Waals surface area contributed by atoms with Crippen LogP contribution >= 0.6 is 11.6 Å². The highest BCUT2D eigenvalue weighted by atomic mass is 35.5. The monoisotopic (exact) mass is 413 g/mol. The summed E-state index contributed by atoms with van der Waals surface area (Å²) >= 11 is 6.09. The molecule has 2 heterocycles. The zero-order valence-corrected chi connectivity index (χ0v) is 16.9. The molecule has 2 aliphatic rings. The first kappa shape index (κ1) is 19.7. The van der Waals surface area contributed by atoms with Gasteiger partial charge in [-0.1, -0.05) is 23.7 Å². The van der Waals surface area contributed by atoms with Crippen molar-refractivity contribution in [1.82, 2.24) is 4.90 Å². The third kappa shape index (κ3) is 4.71. The topological polar surface area (TPSA) is 61.9 Å². The second kappa shape index (κ2) is 8.84. The lowest BCUT2D eigenvalue weighted by Gasteiger charge is -2.36. The van der Waals surface area contributed by atoms with Crippen molar-refractivity contribution in [2.45, 2.75) is 18.9 Å². The number of carbonyl (C=O) groups excluding carboxylic acids is 2. The first-order valence-corrected chi connectivity index (χ1v) is 10.3. The molecule has 2 aromatic rings. The molecule has 4 rings (SSSR count). The zero-order valence-electron chi connectivity index (χ0n) is 16.1. The summed E-state index contributed by atoms with van der Waals surface area (Å²) in [5.41, 5.74) is 2.27. The van der Waals surface area contributed by atoms with Crippen molar-refractivity contribution >= 4 is 34.8 Å². The summed E-state index contributed by atoms with van der Waals surface area (Å²) in [6.07, 6.45) is 1.24. The Morgan fingerprint density at radius 1 is 1.03 bits per heavy atom. The van der Waals surface area contributed by atoms with Crippen LogP contribution in [0.1, 0.15) is 23.2 Å². The summed E-state index contributed by atoms with van der Waals surface area (Å²) in [6.45, 7) is 3.40. The van der Waals surface area contributed by atoms with Crippen molar-refractivity contribution in [3.05, 3.63) is 59.1 Å². The molecule has 2 fully saturated rings. The standard InChI is InChI=1S/C22H24ClN3O3/c23-17-5-2-7-19(15-17)25-9-11-26(12-10-25)22(28)16-4-1-6-18(14-16)24-21(27)20-8-3-13-29-20/h1-2,4-7,14-15,20H,3,8-13H2,(H,24,27)/t20-/m0/s1. The van der Waals surface area contributed by atoms with Crippen LogP contribution in [0.15, 0.2) is 48.5 Å². The number of piperazine rings is 1. The molecule has 2 aliphatic heterocycles. The van der Waals surface area contributed by atoms with E-state index in [-0.39, 0.29) is 11.8 Å². The van der Waals surface area contributed by atoms with E-state index < -0.39 is 6.10 Å². The van der Waals surface area contributed by atoms with Gasteiger partial charge in [-0.2, -0.15) is 0 Å². The molecule has 0 spiro atoms. The first-order chi connectivity index (χ1) is 14.1. The van der Waals surface area contributed by atoms with Gasteiger partial charge < -0.3 is 19.9 Å². The number of nitrogens with zero attached hydrogens (tertiary/aromatic N) is 2. The van der Waals surface area contributed by atoms with Crippen molar-refractivity contribution in [2.24, 2.45) is 0 Å². The Kier molecular flexibility index (Phi) is 6.02. The molecule has 6 nitrogen and oxygen atoms in total. The largest absolute Gasteiger partial charge is 0.368 e. The Balaban J connectivity index is 1.37. The molecule has 2 amide bonds. The third-order valence-electron chi connectivity index (χ3n) is 5.34. The highest BCUT2D eigenvalue weighted by Gasteiger charge is 2.25. The molecule has 7 heteroatoms. The van der Waals surface area contributed by atoms with Crippen LogP contribution in [-0.2, 0) is 9.53 Å². The predicted molar refractivity (Wildman–Crippen MR) is 114 cm³/mol. The fourth-order valence-corrected chi connectivity index (χ4v) is 3.94. The van der Waals surface area contributed by atoms with Gasteiger partial charge in [0.15, 0.2) is 0 Å². The first-order valence-electron chi connectivity index (χ1n) is 9.92. The Bertz CT molecular complexity index is 890. The minimum Gasteiger partial charge on any atom is -0.368 e. The van der Waals surface area contributed by atoms with Crippen LogP contribution in [0.5, 0.6) is 0 Å². The molecule has 0 unspecified atom stereocenters. The summed E-state index contributed by atoms with van der Waals surface area (Å²) in [5.74, 6) is -0.175. The van der Waals surface area contributed by atoms with Crippen molar-refractivity contribution < 1.29 is 14.3 Å². The van der Waals surface area contributed by atoms with Gasteiger partial charge >= 0.3 is 0 Å². The normalized spacial score (nSPS) is 19.3. The number of amides is 2. The number of carbonyl (C=O) groups is 2. The molecule has 1 N–H and O–H groups in total. The van der Waals surface area contributed by atoms with Crippen molar-refractivity contribution in [2.75, 3.05) is 43.0 Å². The zero-order chi connectivity index (χ0) is 20.2. The van der Waals surface area contributed by atoms with Gasteiger partial charge in [0.25, 0.3) is 11.8 Å². The number of nitrogens with one attached hydrogen (secondary N) is 1. The Morgan fingerprint density at radius 2 is 1.83 bits per heavy atom. The maximum Gasteiger partial charge on any atom is 0.254 e. The number of halogens is 1. The number of ether oxygens (including phenoxy) is 1. The number of rotatable bonds is 4. The van der Waals surface area contributed by atoms with E-state index in [2.05, 4.69) is 10.2 Å². The predicted octanol–water partition coefficient (Wildman–Crippen LogP) is 3.42. The van der Waals surface area contributed by atoms with Crippen LogP contribution in [0.2, 0.25) is 5.02 Å². The third-order valence-corrected chi connectivity index (χ3v) is 5.57. The molecule has 2 saturated heterocycles. The van der Waals surface area contributed by atoms with E-state index in [9.17, 15) is 9.59 Å². The van der Waals surface area contributed by atoms with Gasteiger partial charge in [-0.3, -0.25) is 9.59 Å². The molecule has 0 radical (unpaired) electrons. The molecular weight excluding hydrogens is 390 g/mol. The molecule has 2 aromatic carbocycles. The minimum absolute atomic E-state index is 0.0241. The highest BCUT2D eigenvalue weighted by Crippen LogP contribution is 2.22. The average molecular weight is 414 g/mol. The quantitative estimate of drug-likeness (QED) is 0.834. The molecule has 29 heavy (non-hydrogen) atoms. The van der Waals surface area contributed by atoms with E-state index in [4.69, 9.17) is 16.3 Å². The van der Waals surface area contributed by atoms with Crippen LogP contribution in [-0.4, -0.2) is 55.6 Å². The van der Waals surface area contributed by atoms with Crippen LogP contribution in [0.25, 0.3) is 0 Å². The summed E-state index contributed by atoms with van der Waals surface area (Å²) in [5, 5.41) is 3.57. The summed E-state index contributed by atoms with van der Waals surface area (Å²) in [6, 6.07) is 14.9. The van der Waals surface area contributed by atoms with Crippen LogP contribution in [0.4, 0.5) is 11.4 Å². The maximum atomic E-state index is 12.9. The van der Waals surface area contributed by atoms with Gasteiger partial charge in [0.2, 0.25) is 0 Å². The van der Waals surface area contributed by atoms with E-state index in [0.29, 0.717) is 36.0 Å². The SMILES string of the molecule is O=C(Nc1cccc(C(=O)N2CCN(c3cccc(Cl)c3)CC2)c1)[C@@H]1CCCO1. The lowest BCUT2D eigenvalue weighted by Crippen LogP contribution is -2.48. The number of hydrogen-bond donors (Lipinski definition) is 1. The Labute approximate surface area is 175 Å². The van der Waals surface area contributed by atoms with Gasteiger partial charge in [0.05, 0.1) is 0 Å². The second-order valence-corrected chi connectivity index (χ2v) is 7.77. The molecule has 1 atom stereocenters. The average Bonchev–Trinajstić information content (AvgIpc) is 3.29. The number of benzene rings is 2. The lowest BCUT2D eigenvalue weighted by molar-refractivity contribution is -0.124. The maximum absolute atomic E-state index is 12.9. The van der Waals surface area contributed by atoms with Crippen molar-refractivity contribution in [3.63, 3.8) is 0 Å². The van der Waals surface area contributed by atoms with Gasteiger partial charge in [-0.05, 0) is 49.2 Å². The minimum atomic E-state index is -0.395. The molecule has 0 bridgehead atoms. The summed E-state index contributed by atoms with van der Waals surface area (Å²) in [7, 11) is 0. The highest BCUT2D eigenvalue weighted by molar-refractivity contribution is 6.30.